The smallest absolute Gasteiger partial charge is 0.148 e. The molecule has 15 heavy (non-hydrogen) atoms. The highest BCUT2D eigenvalue weighted by Gasteiger charge is 2.25. The lowest BCUT2D eigenvalue weighted by atomic mass is 10.1. The first-order valence-corrected chi connectivity index (χ1v) is 6.27. The van der Waals surface area contributed by atoms with Gasteiger partial charge < -0.3 is 4.57 Å². The summed E-state index contributed by atoms with van der Waals surface area (Å²) in [7, 11) is 0. The maximum Gasteiger partial charge on any atom is 0.148 e. The van der Waals surface area contributed by atoms with Gasteiger partial charge in [-0.1, -0.05) is 12.8 Å². The van der Waals surface area contributed by atoms with Gasteiger partial charge in [0.2, 0.25) is 0 Å². The molecule has 0 spiro atoms. The SMILES string of the molecule is CC(C)n1c(CCl)nnc1C1CCCC1. The first-order chi connectivity index (χ1) is 7.24. The van der Waals surface area contributed by atoms with Crippen LogP contribution in [-0.4, -0.2) is 14.8 Å². The van der Waals surface area contributed by atoms with Gasteiger partial charge >= 0.3 is 0 Å². The number of hydrogen-bond donors (Lipinski definition) is 0. The molecule has 1 aromatic heterocycles. The standard InChI is InChI=1S/C11H18ClN3/c1-8(2)15-10(7-12)13-14-11(15)9-5-3-4-6-9/h8-9H,3-7H2,1-2H3. The van der Waals surface area contributed by atoms with Crippen molar-refractivity contribution < 1.29 is 0 Å². The summed E-state index contributed by atoms with van der Waals surface area (Å²) >= 11 is 5.87. The lowest BCUT2D eigenvalue weighted by Crippen LogP contribution is -2.11. The lowest BCUT2D eigenvalue weighted by molar-refractivity contribution is 0.517. The van der Waals surface area contributed by atoms with Gasteiger partial charge in [0.05, 0.1) is 5.88 Å². The number of halogens is 1. The molecule has 1 saturated carbocycles. The molecule has 1 aliphatic rings. The average molecular weight is 228 g/mol. The molecule has 0 saturated heterocycles. The minimum atomic E-state index is 0.407. The van der Waals surface area contributed by atoms with Crippen molar-refractivity contribution >= 4 is 11.6 Å². The van der Waals surface area contributed by atoms with Crippen molar-refractivity contribution in [3.05, 3.63) is 11.6 Å². The molecule has 1 fully saturated rings. The van der Waals surface area contributed by atoms with Gasteiger partial charge in [-0.2, -0.15) is 0 Å². The van der Waals surface area contributed by atoms with E-state index in [-0.39, 0.29) is 0 Å². The van der Waals surface area contributed by atoms with E-state index in [1.54, 1.807) is 0 Å². The number of hydrogen-bond acceptors (Lipinski definition) is 2. The Hall–Kier alpha value is -0.570. The topological polar surface area (TPSA) is 30.7 Å². The van der Waals surface area contributed by atoms with E-state index in [4.69, 9.17) is 11.6 Å². The van der Waals surface area contributed by atoms with Gasteiger partial charge in [-0.15, -0.1) is 21.8 Å². The molecule has 1 aromatic rings. The molecule has 0 atom stereocenters. The summed E-state index contributed by atoms with van der Waals surface area (Å²) in [5.74, 6) is 3.13. The summed E-state index contributed by atoms with van der Waals surface area (Å²) in [6.45, 7) is 4.33. The van der Waals surface area contributed by atoms with Crippen LogP contribution in [0.1, 0.15) is 63.1 Å². The predicted octanol–water partition coefficient (Wildman–Crippen LogP) is 3.26. The van der Waals surface area contributed by atoms with Crippen LogP contribution >= 0.6 is 11.6 Å². The molecule has 1 heterocycles. The highest BCUT2D eigenvalue weighted by Crippen LogP contribution is 2.34. The molecule has 1 aliphatic carbocycles. The molecule has 0 bridgehead atoms. The second-order valence-electron chi connectivity index (χ2n) is 4.55. The molecule has 4 heteroatoms. The fourth-order valence-electron chi connectivity index (χ4n) is 2.45. The van der Waals surface area contributed by atoms with Crippen LogP contribution in [0.25, 0.3) is 0 Å². The molecule has 0 amide bonds. The van der Waals surface area contributed by atoms with E-state index in [1.807, 2.05) is 0 Å². The normalized spacial score (nSPS) is 17.9. The molecule has 0 N–H and O–H groups in total. The number of aromatic nitrogens is 3. The minimum Gasteiger partial charge on any atom is -0.311 e. The monoisotopic (exact) mass is 227 g/mol. The number of rotatable bonds is 3. The molecular formula is C11H18ClN3. The van der Waals surface area contributed by atoms with Crippen molar-refractivity contribution in [2.45, 2.75) is 57.4 Å². The van der Waals surface area contributed by atoms with E-state index in [0.717, 1.165) is 11.6 Å². The molecule has 3 nitrogen and oxygen atoms in total. The lowest BCUT2D eigenvalue weighted by Gasteiger charge is -2.16. The Morgan fingerprint density at radius 2 is 2.00 bits per heavy atom. The maximum atomic E-state index is 5.87. The van der Waals surface area contributed by atoms with Gasteiger partial charge in [0.25, 0.3) is 0 Å². The predicted molar refractivity (Wildman–Crippen MR) is 61.2 cm³/mol. The van der Waals surface area contributed by atoms with Gasteiger partial charge in [-0.25, -0.2) is 0 Å². The summed E-state index contributed by atoms with van der Waals surface area (Å²) in [6.07, 6.45) is 5.16. The van der Waals surface area contributed by atoms with E-state index < -0.39 is 0 Å². The van der Waals surface area contributed by atoms with Gasteiger partial charge in [-0.3, -0.25) is 0 Å². The first kappa shape index (κ1) is 10.9. The van der Waals surface area contributed by atoms with Crippen molar-refractivity contribution in [2.75, 3.05) is 0 Å². The van der Waals surface area contributed by atoms with Crippen molar-refractivity contribution in [1.29, 1.82) is 0 Å². The highest BCUT2D eigenvalue weighted by molar-refractivity contribution is 6.16. The average Bonchev–Trinajstić information content (AvgIpc) is 2.85. The summed E-state index contributed by atoms with van der Waals surface area (Å²) in [4.78, 5) is 0. The van der Waals surface area contributed by atoms with Crippen molar-refractivity contribution in [2.24, 2.45) is 0 Å². The zero-order valence-corrected chi connectivity index (χ0v) is 10.2. The maximum absolute atomic E-state index is 5.87. The van der Waals surface area contributed by atoms with Gasteiger partial charge in [0.15, 0.2) is 0 Å². The Morgan fingerprint density at radius 3 is 2.53 bits per heavy atom. The third kappa shape index (κ3) is 2.03. The minimum absolute atomic E-state index is 0.407. The Morgan fingerprint density at radius 1 is 1.33 bits per heavy atom. The highest BCUT2D eigenvalue weighted by atomic mass is 35.5. The quantitative estimate of drug-likeness (QED) is 0.743. The van der Waals surface area contributed by atoms with E-state index in [0.29, 0.717) is 17.8 Å². The summed E-state index contributed by atoms with van der Waals surface area (Å²) < 4.78 is 2.21. The van der Waals surface area contributed by atoms with Crippen LogP contribution in [-0.2, 0) is 5.88 Å². The third-order valence-corrected chi connectivity index (χ3v) is 3.39. The first-order valence-electron chi connectivity index (χ1n) is 5.73. The van der Waals surface area contributed by atoms with Crippen LogP contribution in [0.3, 0.4) is 0 Å². The zero-order chi connectivity index (χ0) is 10.8. The summed E-state index contributed by atoms with van der Waals surface area (Å²) in [6, 6.07) is 0.407. The van der Waals surface area contributed by atoms with Crippen LogP contribution in [0.5, 0.6) is 0 Å². The summed E-state index contributed by atoms with van der Waals surface area (Å²) in [5.41, 5.74) is 0. The van der Waals surface area contributed by atoms with Crippen LogP contribution in [0.2, 0.25) is 0 Å². The van der Waals surface area contributed by atoms with Crippen molar-refractivity contribution in [3.63, 3.8) is 0 Å². The molecule has 0 aromatic carbocycles. The van der Waals surface area contributed by atoms with Crippen molar-refractivity contribution in [3.8, 4) is 0 Å². The van der Waals surface area contributed by atoms with Crippen LogP contribution < -0.4 is 0 Å². The Balaban J connectivity index is 2.33. The summed E-state index contributed by atoms with van der Waals surface area (Å²) in [5, 5.41) is 8.50. The van der Waals surface area contributed by atoms with Crippen LogP contribution in [0.4, 0.5) is 0 Å². The molecule has 0 unspecified atom stereocenters. The van der Waals surface area contributed by atoms with E-state index >= 15 is 0 Å². The second kappa shape index (κ2) is 4.52. The van der Waals surface area contributed by atoms with E-state index in [2.05, 4.69) is 28.6 Å². The van der Waals surface area contributed by atoms with Crippen molar-refractivity contribution in [1.82, 2.24) is 14.8 Å². The van der Waals surface area contributed by atoms with Crippen LogP contribution in [0, 0.1) is 0 Å². The van der Waals surface area contributed by atoms with E-state index in [9.17, 15) is 0 Å². The molecule has 0 radical (unpaired) electrons. The van der Waals surface area contributed by atoms with Gasteiger partial charge in [0, 0.05) is 12.0 Å². The largest absolute Gasteiger partial charge is 0.311 e. The Bertz CT molecular complexity index is 327. The van der Waals surface area contributed by atoms with E-state index in [1.165, 1.54) is 25.7 Å². The Labute approximate surface area is 95.8 Å². The second-order valence-corrected chi connectivity index (χ2v) is 4.82. The van der Waals surface area contributed by atoms with Gasteiger partial charge in [0.1, 0.15) is 11.6 Å². The molecule has 84 valence electrons. The fourth-order valence-corrected chi connectivity index (χ4v) is 2.64. The third-order valence-electron chi connectivity index (χ3n) is 3.15. The molecule has 2 rings (SSSR count). The van der Waals surface area contributed by atoms with Crippen LogP contribution in [0.15, 0.2) is 0 Å². The number of alkyl halides is 1. The Kier molecular flexibility index (Phi) is 3.29. The fraction of sp³-hybridized carbons (Fsp3) is 0.818. The van der Waals surface area contributed by atoms with Gasteiger partial charge in [-0.05, 0) is 26.7 Å². The number of nitrogens with zero attached hydrogens (tertiary/aromatic N) is 3. The molecule has 0 aliphatic heterocycles. The molecular weight excluding hydrogens is 210 g/mol. The zero-order valence-electron chi connectivity index (χ0n) is 9.41.